The lowest BCUT2D eigenvalue weighted by Crippen LogP contribution is -1.98. The van der Waals surface area contributed by atoms with E-state index >= 15 is 0 Å². The minimum absolute atomic E-state index is 0.0610. The van der Waals surface area contributed by atoms with E-state index in [-0.39, 0.29) is 17.7 Å². The lowest BCUT2D eigenvalue weighted by Gasteiger charge is -2.11. The van der Waals surface area contributed by atoms with Crippen molar-refractivity contribution in [3.8, 4) is 11.8 Å². The third kappa shape index (κ3) is 2.09. The van der Waals surface area contributed by atoms with Crippen molar-refractivity contribution in [3.63, 3.8) is 0 Å². The quantitative estimate of drug-likeness (QED) is 0.596. The normalized spacial score (nSPS) is 12.8. The second-order valence-corrected chi connectivity index (χ2v) is 3.85. The molecule has 78 valence electrons. The van der Waals surface area contributed by atoms with Gasteiger partial charge in [-0.1, -0.05) is 25.6 Å². The van der Waals surface area contributed by atoms with Crippen LogP contribution >= 0.6 is 11.8 Å². The van der Waals surface area contributed by atoms with Crippen LogP contribution in [0.4, 0.5) is 0 Å². The molecule has 0 spiro atoms. The number of aromatic hydroxyl groups is 2. The Hall–Kier alpha value is -0.970. The summed E-state index contributed by atoms with van der Waals surface area (Å²) in [5.74, 6) is -0.168. The van der Waals surface area contributed by atoms with Crippen molar-refractivity contribution >= 4 is 11.8 Å². The van der Waals surface area contributed by atoms with Crippen molar-refractivity contribution in [1.82, 2.24) is 9.97 Å². The molecule has 4 nitrogen and oxygen atoms in total. The summed E-state index contributed by atoms with van der Waals surface area (Å²) in [5, 5.41) is 19.5. The van der Waals surface area contributed by atoms with Crippen LogP contribution in [0.3, 0.4) is 0 Å². The summed E-state index contributed by atoms with van der Waals surface area (Å²) in [4.78, 5) is 7.74. The first-order valence-electron chi connectivity index (χ1n) is 4.44. The number of thioether (sulfide) groups is 1. The standard InChI is InChI=1S/C9H14N2O2S/c1-4-5(2)6-7(12)10-9(14-3)11-8(6)13/h5H,4H2,1-3H3,(H2,10,11,12,13). The highest BCUT2D eigenvalue weighted by Gasteiger charge is 2.17. The molecule has 1 atom stereocenters. The summed E-state index contributed by atoms with van der Waals surface area (Å²) in [5.41, 5.74) is 0.435. The number of aromatic nitrogens is 2. The van der Waals surface area contributed by atoms with Crippen LogP contribution in [0.2, 0.25) is 0 Å². The van der Waals surface area contributed by atoms with Crippen LogP contribution < -0.4 is 0 Å². The zero-order chi connectivity index (χ0) is 10.7. The van der Waals surface area contributed by atoms with Gasteiger partial charge in [0.1, 0.15) is 0 Å². The first-order chi connectivity index (χ1) is 6.60. The highest BCUT2D eigenvalue weighted by Crippen LogP contribution is 2.33. The van der Waals surface area contributed by atoms with Crippen molar-refractivity contribution in [2.24, 2.45) is 0 Å². The first kappa shape index (κ1) is 11.1. The van der Waals surface area contributed by atoms with E-state index in [1.165, 1.54) is 11.8 Å². The Labute approximate surface area is 87.4 Å². The Morgan fingerprint density at radius 3 is 2.14 bits per heavy atom. The fraction of sp³-hybridized carbons (Fsp3) is 0.556. The SMILES string of the molecule is CCC(C)c1c(O)nc(SC)nc1O. The number of nitrogens with zero attached hydrogens (tertiary/aromatic N) is 2. The molecule has 2 N–H and O–H groups in total. The molecular formula is C9H14N2O2S. The van der Waals surface area contributed by atoms with Crippen LogP contribution in [-0.2, 0) is 0 Å². The lowest BCUT2D eigenvalue weighted by atomic mass is 10.0. The van der Waals surface area contributed by atoms with Crippen molar-refractivity contribution in [1.29, 1.82) is 0 Å². The number of hydrogen-bond donors (Lipinski definition) is 2. The topological polar surface area (TPSA) is 66.2 Å². The summed E-state index contributed by atoms with van der Waals surface area (Å²) in [6.07, 6.45) is 2.61. The van der Waals surface area contributed by atoms with Gasteiger partial charge in [-0.3, -0.25) is 0 Å². The molecule has 1 rings (SSSR count). The summed E-state index contributed by atoms with van der Waals surface area (Å²) >= 11 is 1.28. The summed E-state index contributed by atoms with van der Waals surface area (Å²) < 4.78 is 0. The maximum absolute atomic E-state index is 9.58. The molecule has 14 heavy (non-hydrogen) atoms. The first-order valence-corrected chi connectivity index (χ1v) is 5.66. The molecule has 1 heterocycles. The van der Waals surface area contributed by atoms with Gasteiger partial charge in [-0.25, -0.2) is 0 Å². The average molecular weight is 214 g/mol. The third-order valence-corrected chi connectivity index (χ3v) is 2.72. The van der Waals surface area contributed by atoms with Gasteiger partial charge in [-0.15, -0.1) is 0 Å². The van der Waals surface area contributed by atoms with Gasteiger partial charge < -0.3 is 10.2 Å². The largest absolute Gasteiger partial charge is 0.493 e. The van der Waals surface area contributed by atoms with Gasteiger partial charge in [0.2, 0.25) is 11.8 Å². The number of rotatable bonds is 3. The highest BCUT2D eigenvalue weighted by atomic mass is 32.2. The maximum Gasteiger partial charge on any atom is 0.222 e. The van der Waals surface area contributed by atoms with Crippen LogP contribution in [0.15, 0.2) is 5.16 Å². The van der Waals surface area contributed by atoms with Crippen LogP contribution in [0.1, 0.15) is 31.7 Å². The van der Waals surface area contributed by atoms with Crippen LogP contribution in [-0.4, -0.2) is 26.4 Å². The third-order valence-electron chi connectivity index (χ3n) is 2.17. The van der Waals surface area contributed by atoms with E-state index in [0.717, 1.165) is 6.42 Å². The minimum Gasteiger partial charge on any atom is -0.493 e. The van der Waals surface area contributed by atoms with Crippen LogP contribution in [0.5, 0.6) is 11.8 Å². The molecule has 0 amide bonds. The van der Waals surface area contributed by atoms with Gasteiger partial charge in [-0.05, 0) is 18.6 Å². The van der Waals surface area contributed by atoms with Crippen molar-refractivity contribution in [2.45, 2.75) is 31.3 Å². The fourth-order valence-electron chi connectivity index (χ4n) is 1.16. The molecule has 0 fully saturated rings. The van der Waals surface area contributed by atoms with E-state index in [0.29, 0.717) is 10.7 Å². The van der Waals surface area contributed by atoms with Gasteiger partial charge in [0.05, 0.1) is 5.56 Å². The van der Waals surface area contributed by atoms with Crippen molar-refractivity contribution in [2.75, 3.05) is 6.26 Å². The van der Waals surface area contributed by atoms with Gasteiger partial charge in [0, 0.05) is 0 Å². The Kier molecular flexibility index (Phi) is 3.57. The van der Waals surface area contributed by atoms with Gasteiger partial charge >= 0.3 is 0 Å². The van der Waals surface area contributed by atoms with E-state index in [9.17, 15) is 10.2 Å². The van der Waals surface area contributed by atoms with E-state index in [4.69, 9.17) is 0 Å². The molecule has 0 saturated heterocycles. The van der Waals surface area contributed by atoms with Crippen molar-refractivity contribution < 1.29 is 10.2 Å². The van der Waals surface area contributed by atoms with E-state index in [1.807, 2.05) is 13.8 Å². The van der Waals surface area contributed by atoms with E-state index in [2.05, 4.69) is 9.97 Å². The van der Waals surface area contributed by atoms with E-state index < -0.39 is 0 Å². The smallest absolute Gasteiger partial charge is 0.222 e. The Morgan fingerprint density at radius 1 is 1.29 bits per heavy atom. The summed E-state index contributed by atoms with van der Waals surface area (Å²) in [6.45, 7) is 3.89. The summed E-state index contributed by atoms with van der Waals surface area (Å²) in [7, 11) is 0. The van der Waals surface area contributed by atoms with Crippen LogP contribution in [0.25, 0.3) is 0 Å². The highest BCUT2D eigenvalue weighted by molar-refractivity contribution is 7.98. The molecule has 0 radical (unpaired) electrons. The Morgan fingerprint density at radius 2 is 1.79 bits per heavy atom. The molecule has 0 aliphatic rings. The lowest BCUT2D eigenvalue weighted by molar-refractivity contribution is 0.391. The molecule has 0 aromatic carbocycles. The van der Waals surface area contributed by atoms with Crippen LogP contribution in [0, 0.1) is 0 Å². The predicted molar refractivity (Wildman–Crippen MR) is 55.8 cm³/mol. The molecule has 0 saturated carbocycles. The maximum atomic E-state index is 9.58. The van der Waals surface area contributed by atoms with Gasteiger partial charge in [0.15, 0.2) is 5.16 Å². The molecule has 1 unspecified atom stereocenters. The summed E-state index contributed by atoms with van der Waals surface area (Å²) in [6, 6.07) is 0. The molecule has 0 aliphatic carbocycles. The Balaban J connectivity index is 3.18. The average Bonchev–Trinajstić information content (AvgIpc) is 2.16. The fourth-order valence-corrected chi connectivity index (χ4v) is 1.52. The molecule has 1 aromatic heterocycles. The molecule has 0 bridgehead atoms. The second kappa shape index (κ2) is 4.50. The number of hydrogen-bond acceptors (Lipinski definition) is 5. The van der Waals surface area contributed by atoms with E-state index in [1.54, 1.807) is 6.26 Å². The Bertz CT molecular complexity index is 308. The van der Waals surface area contributed by atoms with Gasteiger partial charge in [0.25, 0.3) is 0 Å². The minimum atomic E-state index is -0.115. The molecule has 0 aliphatic heterocycles. The zero-order valence-corrected chi connectivity index (χ0v) is 9.30. The molecule has 5 heteroatoms. The monoisotopic (exact) mass is 214 g/mol. The predicted octanol–water partition coefficient (Wildman–Crippen LogP) is 2.12. The zero-order valence-electron chi connectivity index (χ0n) is 8.48. The second-order valence-electron chi connectivity index (χ2n) is 3.08. The van der Waals surface area contributed by atoms with Gasteiger partial charge in [-0.2, -0.15) is 9.97 Å². The van der Waals surface area contributed by atoms with Crippen molar-refractivity contribution in [3.05, 3.63) is 5.56 Å². The molecular weight excluding hydrogens is 200 g/mol. The molecule has 1 aromatic rings.